The van der Waals surface area contributed by atoms with Crippen LogP contribution in [0.5, 0.6) is 0 Å². The van der Waals surface area contributed by atoms with Gasteiger partial charge in [0.05, 0.1) is 18.2 Å². The largest absolute Gasteiger partial charge is 0.480 e. The summed E-state index contributed by atoms with van der Waals surface area (Å²) in [6, 6.07) is 1.95. The van der Waals surface area contributed by atoms with Gasteiger partial charge in [-0.3, -0.25) is 4.79 Å². The van der Waals surface area contributed by atoms with E-state index in [2.05, 4.69) is 27.8 Å². The molecular weight excluding hydrogens is 362 g/mol. The molecule has 0 saturated heterocycles. The predicted molar refractivity (Wildman–Crippen MR) is 83.8 cm³/mol. The number of aryl methyl sites for hydroxylation is 1. The van der Waals surface area contributed by atoms with Gasteiger partial charge in [0.2, 0.25) is 0 Å². The highest BCUT2D eigenvalue weighted by atomic mass is 79.9. The van der Waals surface area contributed by atoms with Crippen LogP contribution in [-0.2, 0) is 9.53 Å². The number of halogens is 2. The highest BCUT2D eigenvalue weighted by molar-refractivity contribution is 9.10. The number of hydrogen-bond donors (Lipinski definition) is 2. The van der Waals surface area contributed by atoms with Crippen molar-refractivity contribution >= 4 is 39.4 Å². The molecule has 1 aromatic carbocycles. The molecule has 0 radical (unpaired) electrons. The number of rotatable bonds is 7. The van der Waals surface area contributed by atoms with Gasteiger partial charge >= 0.3 is 5.97 Å². The lowest BCUT2D eigenvalue weighted by Crippen LogP contribution is -2.44. The van der Waals surface area contributed by atoms with Crippen LogP contribution < -0.4 is 5.32 Å². The number of carboxylic acids is 1. The summed E-state index contributed by atoms with van der Waals surface area (Å²) in [5.41, 5.74) is 1.07. The summed E-state index contributed by atoms with van der Waals surface area (Å²) in [7, 11) is 0. The van der Waals surface area contributed by atoms with Gasteiger partial charge < -0.3 is 15.2 Å². The molecule has 1 aromatic rings. The number of ether oxygens (including phenoxy) is 1. The van der Waals surface area contributed by atoms with Gasteiger partial charge in [-0.25, -0.2) is 4.79 Å². The van der Waals surface area contributed by atoms with E-state index in [9.17, 15) is 9.59 Å². The first kappa shape index (κ1) is 17.7. The Labute approximate surface area is 136 Å². The van der Waals surface area contributed by atoms with E-state index in [0.717, 1.165) is 5.56 Å². The van der Waals surface area contributed by atoms with E-state index in [0.29, 0.717) is 9.50 Å². The monoisotopic (exact) mass is 375 g/mol. The third kappa shape index (κ3) is 5.15. The first-order chi connectivity index (χ1) is 9.86. The van der Waals surface area contributed by atoms with Crippen LogP contribution in [0.15, 0.2) is 29.3 Å². The molecule has 0 aliphatic rings. The van der Waals surface area contributed by atoms with Gasteiger partial charge in [0, 0.05) is 10.0 Å². The Bertz CT molecular complexity index is 539. The lowest BCUT2D eigenvalue weighted by atomic mass is 10.1. The van der Waals surface area contributed by atoms with Crippen molar-refractivity contribution in [2.24, 2.45) is 0 Å². The zero-order valence-corrected chi connectivity index (χ0v) is 13.7. The van der Waals surface area contributed by atoms with Gasteiger partial charge in [-0.1, -0.05) is 17.7 Å². The van der Waals surface area contributed by atoms with Gasteiger partial charge in [0.25, 0.3) is 5.91 Å². The molecule has 0 heterocycles. The van der Waals surface area contributed by atoms with Crippen LogP contribution >= 0.6 is 27.5 Å². The Balaban J connectivity index is 2.82. The second-order valence-corrected chi connectivity index (χ2v) is 5.48. The first-order valence-corrected chi connectivity index (χ1v) is 7.21. The van der Waals surface area contributed by atoms with E-state index >= 15 is 0 Å². The van der Waals surface area contributed by atoms with Crippen molar-refractivity contribution in [3.63, 3.8) is 0 Å². The van der Waals surface area contributed by atoms with Crippen molar-refractivity contribution in [1.82, 2.24) is 5.32 Å². The highest BCUT2D eigenvalue weighted by Crippen LogP contribution is 2.27. The van der Waals surface area contributed by atoms with Crippen LogP contribution in [0.25, 0.3) is 0 Å². The molecular formula is C14H15BrClNO4. The summed E-state index contributed by atoms with van der Waals surface area (Å²) in [5, 5.41) is 11.8. The van der Waals surface area contributed by atoms with Crippen molar-refractivity contribution in [2.45, 2.75) is 13.0 Å². The molecule has 1 rings (SSSR count). The molecule has 0 aliphatic heterocycles. The fourth-order valence-corrected chi connectivity index (χ4v) is 2.04. The molecule has 0 fully saturated rings. The molecule has 0 spiro atoms. The SMILES string of the molecule is C=CCOCC(NC(=O)c1cc(C)c(Br)c(Cl)c1)C(=O)O. The molecule has 1 amide bonds. The number of carboxylic acid groups (broad SMARTS) is 1. The Morgan fingerprint density at radius 1 is 1.57 bits per heavy atom. The topological polar surface area (TPSA) is 75.6 Å². The number of benzene rings is 1. The number of carbonyl (C=O) groups is 2. The Kier molecular flexibility index (Phi) is 6.87. The minimum atomic E-state index is -1.17. The molecule has 1 atom stereocenters. The first-order valence-electron chi connectivity index (χ1n) is 6.04. The maximum Gasteiger partial charge on any atom is 0.328 e. The summed E-state index contributed by atoms with van der Waals surface area (Å²) >= 11 is 9.28. The Hall–Kier alpha value is -1.37. The van der Waals surface area contributed by atoms with E-state index in [1.807, 2.05) is 0 Å². The van der Waals surface area contributed by atoms with E-state index in [-0.39, 0.29) is 18.8 Å². The molecule has 2 N–H and O–H groups in total. The summed E-state index contributed by atoms with van der Waals surface area (Å²) in [6.45, 7) is 5.31. The molecule has 114 valence electrons. The fraction of sp³-hybridized carbons (Fsp3) is 0.286. The zero-order valence-electron chi connectivity index (χ0n) is 11.4. The number of hydrogen-bond acceptors (Lipinski definition) is 3. The van der Waals surface area contributed by atoms with Crippen LogP contribution in [0.1, 0.15) is 15.9 Å². The summed E-state index contributed by atoms with van der Waals surface area (Å²) in [4.78, 5) is 23.2. The molecule has 0 aliphatic carbocycles. The molecule has 21 heavy (non-hydrogen) atoms. The van der Waals surface area contributed by atoms with Gasteiger partial charge in [-0.15, -0.1) is 6.58 Å². The summed E-state index contributed by atoms with van der Waals surface area (Å²) in [5.74, 6) is -1.70. The van der Waals surface area contributed by atoms with E-state index in [4.69, 9.17) is 21.4 Å². The number of carbonyl (C=O) groups excluding carboxylic acids is 1. The minimum absolute atomic E-state index is 0.143. The average Bonchev–Trinajstić information content (AvgIpc) is 2.42. The Morgan fingerprint density at radius 2 is 2.24 bits per heavy atom. The predicted octanol–water partition coefficient (Wildman–Crippen LogP) is 2.80. The number of aliphatic carboxylic acids is 1. The molecule has 1 unspecified atom stereocenters. The molecule has 0 aromatic heterocycles. The smallest absolute Gasteiger partial charge is 0.328 e. The third-order valence-electron chi connectivity index (χ3n) is 2.60. The van der Waals surface area contributed by atoms with E-state index in [1.165, 1.54) is 12.1 Å². The number of amides is 1. The molecule has 0 saturated carbocycles. The zero-order chi connectivity index (χ0) is 16.0. The highest BCUT2D eigenvalue weighted by Gasteiger charge is 2.21. The maximum atomic E-state index is 12.1. The second-order valence-electron chi connectivity index (χ2n) is 4.28. The Morgan fingerprint density at radius 3 is 2.76 bits per heavy atom. The van der Waals surface area contributed by atoms with Crippen LogP contribution in [0.2, 0.25) is 5.02 Å². The quantitative estimate of drug-likeness (QED) is 0.567. The van der Waals surface area contributed by atoms with E-state index in [1.54, 1.807) is 13.0 Å². The van der Waals surface area contributed by atoms with E-state index < -0.39 is 17.9 Å². The summed E-state index contributed by atoms with van der Waals surface area (Å²) < 4.78 is 5.76. The fourth-order valence-electron chi connectivity index (χ4n) is 1.54. The van der Waals surface area contributed by atoms with Gasteiger partial charge in [-0.05, 0) is 40.5 Å². The van der Waals surface area contributed by atoms with Crippen molar-refractivity contribution in [2.75, 3.05) is 13.2 Å². The van der Waals surface area contributed by atoms with Crippen LogP contribution in [0, 0.1) is 6.92 Å². The van der Waals surface area contributed by atoms with Crippen molar-refractivity contribution < 1.29 is 19.4 Å². The van der Waals surface area contributed by atoms with Gasteiger partial charge in [-0.2, -0.15) is 0 Å². The van der Waals surface area contributed by atoms with Crippen LogP contribution in [-0.4, -0.2) is 36.2 Å². The lowest BCUT2D eigenvalue weighted by Gasteiger charge is -2.15. The van der Waals surface area contributed by atoms with Gasteiger partial charge in [0.15, 0.2) is 6.04 Å². The normalized spacial score (nSPS) is 11.8. The second kappa shape index (κ2) is 8.17. The van der Waals surface area contributed by atoms with Gasteiger partial charge in [0.1, 0.15) is 0 Å². The minimum Gasteiger partial charge on any atom is -0.480 e. The standard InChI is InChI=1S/C14H15BrClNO4/c1-3-4-21-7-11(14(19)20)17-13(18)9-5-8(2)12(15)10(16)6-9/h3,5-6,11H,1,4,7H2,2H3,(H,17,18)(H,19,20). The molecule has 5 nitrogen and oxygen atoms in total. The third-order valence-corrected chi connectivity index (χ3v) is 4.17. The summed E-state index contributed by atoms with van der Waals surface area (Å²) in [6.07, 6.45) is 1.50. The van der Waals surface area contributed by atoms with Crippen molar-refractivity contribution in [3.8, 4) is 0 Å². The molecule has 7 heteroatoms. The molecule has 0 bridgehead atoms. The van der Waals surface area contributed by atoms with Crippen LogP contribution in [0.3, 0.4) is 0 Å². The van der Waals surface area contributed by atoms with Crippen LogP contribution in [0.4, 0.5) is 0 Å². The van der Waals surface area contributed by atoms with Crippen molar-refractivity contribution in [3.05, 3.63) is 45.4 Å². The van der Waals surface area contributed by atoms with Crippen molar-refractivity contribution in [1.29, 1.82) is 0 Å². The number of nitrogens with one attached hydrogen (secondary N) is 1. The lowest BCUT2D eigenvalue weighted by molar-refractivity contribution is -0.140. The maximum absolute atomic E-state index is 12.1. The average molecular weight is 377 g/mol.